The van der Waals surface area contributed by atoms with Crippen molar-refractivity contribution in [2.75, 3.05) is 6.54 Å². The van der Waals surface area contributed by atoms with Crippen molar-refractivity contribution < 1.29 is 9.53 Å². The average Bonchev–Trinajstić information content (AvgIpc) is 3.14. The van der Waals surface area contributed by atoms with Crippen molar-refractivity contribution >= 4 is 6.09 Å². The summed E-state index contributed by atoms with van der Waals surface area (Å²) in [5.41, 5.74) is 0.974. The summed E-state index contributed by atoms with van der Waals surface area (Å²) in [4.78, 5) is 14.0. The molecule has 7 heteroatoms. The molecule has 0 N–H and O–H groups in total. The third kappa shape index (κ3) is 2.86. The van der Waals surface area contributed by atoms with Crippen LogP contribution < -0.4 is 0 Å². The number of rotatable bonds is 3. The summed E-state index contributed by atoms with van der Waals surface area (Å²) >= 11 is 0. The van der Waals surface area contributed by atoms with Crippen LogP contribution in [-0.4, -0.2) is 37.7 Å². The van der Waals surface area contributed by atoms with E-state index in [1.54, 1.807) is 16.6 Å². The third-order valence-corrected chi connectivity index (χ3v) is 3.64. The van der Waals surface area contributed by atoms with Crippen molar-refractivity contribution in [3.05, 3.63) is 41.7 Å². The van der Waals surface area contributed by atoms with Crippen LogP contribution in [0, 0.1) is 0 Å². The van der Waals surface area contributed by atoms with E-state index in [2.05, 4.69) is 15.5 Å². The lowest BCUT2D eigenvalue weighted by Gasteiger charge is -2.22. The zero-order valence-electron chi connectivity index (χ0n) is 11.8. The summed E-state index contributed by atoms with van der Waals surface area (Å²) in [6.45, 7) is 0.950. The molecule has 0 bridgehead atoms. The Morgan fingerprint density at radius 3 is 2.90 bits per heavy atom. The Morgan fingerprint density at radius 1 is 1.38 bits per heavy atom. The molecule has 1 atom stereocenters. The van der Waals surface area contributed by atoms with E-state index in [0.29, 0.717) is 12.4 Å². The second-order valence-electron chi connectivity index (χ2n) is 5.05. The van der Waals surface area contributed by atoms with E-state index in [1.165, 1.54) is 0 Å². The van der Waals surface area contributed by atoms with E-state index < -0.39 is 0 Å². The summed E-state index contributed by atoms with van der Waals surface area (Å²) in [6.07, 6.45) is 1.47. The highest BCUT2D eigenvalue weighted by Gasteiger charge is 2.34. The molecule has 0 spiro atoms. The zero-order chi connectivity index (χ0) is 14.7. The maximum absolute atomic E-state index is 12.3. The topological polar surface area (TPSA) is 73.1 Å². The van der Waals surface area contributed by atoms with Crippen LogP contribution in [0.4, 0.5) is 4.79 Å². The minimum atomic E-state index is -0.315. The predicted octanol–water partition coefficient (Wildman–Crippen LogP) is 1.68. The van der Waals surface area contributed by atoms with Gasteiger partial charge in [-0.25, -0.2) is 9.48 Å². The van der Waals surface area contributed by atoms with Gasteiger partial charge in [-0.1, -0.05) is 30.3 Å². The number of benzene rings is 1. The number of aromatic nitrogens is 4. The highest BCUT2D eigenvalue weighted by Crippen LogP contribution is 2.30. The summed E-state index contributed by atoms with van der Waals surface area (Å²) in [7, 11) is 1.78. The van der Waals surface area contributed by atoms with E-state index >= 15 is 0 Å². The summed E-state index contributed by atoms with van der Waals surface area (Å²) in [5, 5.41) is 11.5. The molecule has 1 aliphatic heterocycles. The molecule has 0 radical (unpaired) electrons. The van der Waals surface area contributed by atoms with Crippen molar-refractivity contribution in [1.29, 1.82) is 0 Å². The second-order valence-corrected chi connectivity index (χ2v) is 5.05. The number of ether oxygens (including phenoxy) is 1. The van der Waals surface area contributed by atoms with E-state index in [1.807, 2.05) is 30.3 Å². The number of carbonyl (C=O) groups is 1. The van der Waals surface area contributed by atoms with Gasteiger partial charge in [0.25, 0.3) is 0 Å². The van der Waals surface area contributed by atoms with Crippen LogP contribution in [0.25, 0.3) is 0 Å². The maximum atomic E-state index is 12.3. The van der Waals surface area contributed by atoms with Gasteiger partial charge in [0.05, 0.1) is 6.04 Å². The molecule has 1 aliphatic rings. The van der Waals surface area contributed by atoms with Gasteiger partial charge in [-0.2, -0.15) is 0 Å². The largest absolute Gasteiger partial charge is 0.445 e. The summed E-state index contributed by atoms with van der Waals surface area (Å²) < 4.78 is 6.99. The Bertz CT molecular complexity index is 613. The molecular weight excluding hydrogens is 270 g/mol. The van der Waals surface area contributed by atoms with Crippen LogP contribution in [0.5, 0.6) is 0 Å². The summed E-state index contributed by atoms with van der Waals surface area (Å²) in [5.74, 6) is 0.698. The number of amides is 1. The van der Waals surface area contributed by atoms with E-state index in [0.717, 1.165) is 18.4 Å². The molecule has 0 saturated carbocycles. The van der Waals surface area contributed by atoms with E-state index in [4.69, 9.17) is 4.74 Å². The molecule has 1 saturated heterocycles. The van der Waals surface area contributed by atoms with Gasteiger partial charge in [-0.3, -0.25) is 4.90 Å². The Kier molecular flexibility index (Phi) is 3.81. The van der Waals surface area contributed by atoms with E-state index in [9.17, 15) is 4.79 Å². The second kappa shape index (κ2) is 5.90. The minimum Gasteiger partial charge on any atom is -0.445 e. The molecule has 21 heavy (non-hydrogen) atoms. The summed E-state index contributed by atoms with van der Waals surface area (Å²) in [6, 6.07) is 9.54. The number of nitrogens with zero attached hydrogens (tertiary/aromatic N) is 5. The van der Waals surface area contributed by atoms with Crippen molar-refractivity contribution in [2.45, 2.75) is 25.5 Å². The number of likely N-dealkylation sites (tertiary alicyclic amines) is 1. The molecule has 1 fully saturated rings. The van der Waals surface area contributed by atoms with Gasteiger partial charge in [0.15, 0.2) is 5.82 Å². The first-order valence-corrected chi connectivity index (χ1v) is 6.95. The third-order valence-electron chi connectivity index (χ3n) is 3.64. The first kappa shape index (κ1) is 13.5. The fourth-order valence-corrected chi connectivity index (χ4v) is 2.57. The normalized spacial score (nSPS) is 18.0. The van der Waals surface area contributed by atoms with Crippen LogP contribution in [0.15, 0.2) is 30.3 Å². The van der Waals surface area contributed by atoms with Crippen LogP contribution in [0.3, 0.4) is 0 Å². The molecule has 3 rings (SSSR count). The van der Waals surface area contributed by atoms with Crippen LogP contribution in [0.1, 0.15) is 30.3 Å². The van der Waals surface area contributed by atoms with Gasteiger partial charge >= 0.3 is 6.09 Å². The average molecular weight is 287 g/mol. The first-order valence-electron chi connectivity index (χ1n) is 6.95. The fraction of sp³-hybridized carbons (Fsp3) is 0.429. The standard InChI is InChI=1S/C14H17N5O2/c1-18-13(15-16-17-18)12-8-5-9-19(12)14(20)21-10-11-6-3-2-4-7-11/h2-4,6-7,12H,5,8-10H2,1H3. The molecule has 2 heterocycles. The number of hydrogen-bond donors (Lipinski definition) is 0. The van der Waals surface area contributed by atoms with Crippen molar-refractivity contribution in [2.24, 2.45) is 7.05 Å². The molecule has 0 aliphatic carbocycles. The highest BCUT2D eigenvalue weighted by atomic mass is 16.6. The molecular formula is C14H17N5O2. The minimum absolute atomic E-state index is 0.103. The Morgan fingerprint density at radius 2 is 2.19 bits per heavy atom. The van der Waals surface area contributed by atoms with Gasteiger partial charge in [0.1, 0.15) is 6.61 Å². The van der Waals surface area contributed by atoms with Gasteiger partial charge in [-0.05, 0) is 28.8 Å². The predicted molar refractivity (Wildman–Crippen MR) is 74.1 cm³/mol. The van der Waals surface area contributed by atoms with Crippen LogP contribution in [-0.2, 0) is 18.4 Å². The Balaban J connectivity index is 1.65. The number of tetrazole rings is 1. The molecule has 1 unspecified atom stereocenters. The van der Waals surface area contributed by atoms with Crippen molar-refractivity contribution in [3.63, 3.8) is 0 Å². The van der Waals surface area contributed by atoms with Crippen LogP contribution >= 0.6 is 0 Å². The highest BCUT2D eigenvalue weighted by molar-refractivity contribution is 5.68. The van der Waals surface area contributed by atoms with Gasteiger partial charge in [-0.15, -0.1) is 5.10 Å². The molecule has 110 valence electrons. The molecule has 1 aromatic carbocycles. The van der Waals surface area contributed by atoms with E-state index in [-0.39, 0.29) is 18.7 Å². The van der Waals surface area contributed by atoms with Gasteiger partial charge < -0.3 is 4.74 Å². The fourth-order valence-electron chi connectivity index (χ4n) is 2.57. The SMILES string of the molecule is Cn1nnnc1C1CCCN1C(=O)OCc1ccccc1. The monoisotopic (exact) mass is 287 g/mol. The quantitative estimate of drug-likeness (QED) is 0.858. The Hall–Kier alpha value is -2.44. The molecule has 1 amide bonds. The Labute approximate surface area is 122 Å². The lowest BCUT2D eigenvalue weighted by atomic mass is 10.2. The van der Waals surface area contributed by atoms with Crippen LogP contribution in [0.2, 0.25) is 0 Å². The molecule has 2 aromatic rings. The number of carbonyl (C=O) groups excluding carboxylic acids is 1. The maximum Gasteiger partial charge on any atom is 0.410 e. The smallest absolute Gasteiger partial charge is 0.410 e. The number of hydrogen-bond acceptors (Lipinski definition) is 5. The molecule has 1 aromatic heterocycles. The van der Waals surface area contributed by atoms with Gasteiger partial charge in [0, 0.05) is 13.6 Å². The first-order chi connectivity index (χ1) is 10.3. The zero-order valence-corrected chi connectivity index (χ0v) is 11.8. The van der Waals surface area contributed by atoms with Crippen molar-refractivity contribution in [3.8, 4) is 0 Å². The van der Waals surface area contributed by atoms with Gasteiger partial charge in [0.2, 0.25) is 0 Å². The molecule has 7 nitrogen and oxygen atoms in total. The van der Waals surface area contributed by atoms with Crippen molar-refractivity contribution in [1.82, 2.24) is 25.1 Å². The lowest BCUT2D eigenvalue weighted by molar-refractivity contribution is 0.0903. The lowest BCUT2D eigenvalue weighted by Crippen LogP contribution is -2.32. The number of aryl methyl sites for hydroxylation is 1.